The normalized spacial score (nSPS) is 11.8. The third-order valence-corrected chi connectivity index (χ3v) is 10.5. The van der Waals surface area contributed by atoms with E-state index in [4.69, 9.17) is 0 Å². The molecule has 5 nitrogen and oxygen atoms in total. The van der Waals surface area contributed by atoms with Gasteiger partial charge in [-0.15, -0.1) is 0 Å². The molecule has 0 radical (unpaired) electrons. The van der Waals surface area contributed by atoms with Crippen LogP contribution >= 0.6 is 23.5 Å². The molecule has 0 heterocycles. The van der Waals surface area contributed by atoms with Crippen LogP contribution in [-0.4, -0.2) is 71.2 Å². The molecule has 0 rings (SSSR count). The summed E-state index contributed by atoms with van der Waals surface area (Å²) in [6, 6.07) is 0. The first-order chi connectivity index (χ1) is 23.4. The minimum Gasteiger partial charge on any atom is -0.343 e. The molecule has 7 heteroatoms. The van der Waals surface area contributed by atoms with Crippen molar-refractivity contribution in [1.29, 1.82) is 0 Å². The van der Waals surface area contributed by atoms with Gasteiger partial charge in [0.05, 0.1) is 0 Å². The quantitative estimate of drug-likeness (QED) is 0.0482. The highest BCUT2D eigenvalue weighted by molar-refractivity contribution is 8.14. The van der Waals surface area contributed by atoms with Gasteiger partial charge in [-0.05, 0) is 84.8 Å². The molecule has 0 aromatic heterocycles. The van der Waals surface area contributed by atoms with E-state index in [0.29, 0.717) is 35.4 Å². The summed E-state index contributed by atoms with van der Waals surface area (Å²) in [5, 5.41) is 0.636. The van der Waals surface area contributed by atoms with Crippen LogP contribution in [0.25, 0.3) is 0 Å². The lowest BCUT2D eigenvalue weighted by atomic mass is 10.1. The lowest BCUT2D eigenvalue weighted by Gasteiger charge is -2.23. The molecular formula is C41H76N2O3S2. The van der Waals surface area contributed by atoms with Gasteiger partial charge in [0.1, 0.15) is 0 Å². The van der Waals surface area contributed by atoms with Gasteiger partial charge in [-0.3, -0.25) is 14.4 Å². The Morgan fingerprint density at radius 1 is 0.458 bits per heavy atom. The summed E-state index contributed by atoms with van der Waals surface area (Å²) in [7, 11) is 4.17. The van der Waals surface area contributed by atoms with Gasteiger partial charge in [0.15, 0.2) is 10.2 Å². The maximum atomic E-state index is 13.1. The second-order valence-electron chi connectivity index (χ2n) is 13.7. The second-order valence-corrected chi connectivity index (χ2v) is 15.8. The van der Waals surface area contributed by atoms with Gasteiger partial charge in [-0.2, -0.15) is 0 Å². The van der Waals surface area contributed by atoms with Crippen molar-refractivity contribution in [2.24, 2.45) is 0 Å². The average Bonchev–Trinajstić information content (AvgIpc) is 3.07. The van der Waals surface area contributed by atoms with E-state index in [1.807, 2.05) is 0 Å². The summed E-state index contributed by atoms with van der Waals surface area (Å²) in [6.45, 7) is 7.20. The Hall–Kier alpha value is -1.05. The Morgan fingerprint density at radius 2 is 0.854 bits per heavy atom. The van der Waals surface area contributed by atoms with E-state index in [1.165, 1.54) is 74.9 Å². The first kappa shape index (κ1) is 47.0. The summed E-state index contributed by atoms with van der Waals surface area (Å²) >= 11 is 2.92. The predicted molar refractivity (Wildman–Crippen MR) is 215 cm³/mol. The molecular weight excluding hydrogens is 633 g/mol. The molecule has 0 saturated heterocycles. The Morgan fingerprint density at radius 3 is 1.31 bits per heavy atom. The van der Waals surface area contributed by atoms with Gasteiger partial charge in [0.25, 0.3) is 0 Å². The third-order valence-electron chi connectivity index (χ3n) is 8.68. The van der Waals surface area contributed by atoms with Gasteiger partial charge < -0.3 is 9.80 Å². The number of amides is 1. The van der Waals surface area contributed by atoms with Crippen molar-refractivity contribution in [1.82, 2.24) is 9.80 Å². The molecule has 0 aliphatic carbocycles. The van der Waals surface area contributed by atoms with E-state index in [2.05, 4.69) is 62.0 Å². The molecule has 0 unspecified atom stereocenters. The summed E-state index contributed by atoms with van der Waals surface area (Å²) in [5.74, 6) is 1.92. The monoisotopic (exact) mass is 709 g/mol. The fourth-order valence-electron chi connectivity index (χ4n) is 5.60. The first-order valence-electron chi connectivity index (χ1n) is 19.9. The summed E-state index contributed by atoms with van der Waals surface area (Å²) in [4.78, 5) is 41.7. The third kappa shape index (κ3) is 34.8. The van der Waals surface area contributed by atoms with Gasteiger partial charge in [-0.25, -0.2) is 0 Å². The number of carbonyl (C=O) groups excluding carboxylic acids is 3. The standard InChI is InChI=1S/C41H76N2O3S2/c1-5-7-9-11-13-21-29-37-47-40(45)32-23-17-15-19-26-35-43(39(44)31-25-28-34-42(3)4)36-27-20-16-18-24-33-41(46)48-38-30-22-14-12-10-8-6-2/h21-22,29-30H,5-20,23-28,31-38H2,1-4H3/b29-21-,30-22-. The highest BCUT2D eigenvalue weighted by atomic mass is 32.2. The number of thioether (sulfide) groups is 2. The molecule has 48 heavy (non-hydrogen) atoms. The number of rotatable bonds is 35. The van der Waals surface area contributed by atoms with Crippen molar-refractivity contribution >= 4 is 39.7 Å². The lowest BCUT2D eigenvalue weighted by Crippen LogP contribution is -2.33. The number of hydrogen-bond acceptors (Lipinski definition) is 6. The average molecular weight is 709 g/mol. The topological polar surface area (TPSA) is 57.7 Å². The number of unbranched alkanes of at least 4 members (excludes halogenated alkanes) is 17. The van der Waals surface area contributed by atoms with E-state index >= 15 is 0 Å². The number of carbonyl (C=O) groups is 3. The van der Waals surface area contributed by atoms with E-state index in [1.54, 1.807) is 0 Å². The Bertz CT molecular complexity index is 764. The predicted octanol–water partition coefficient (Wildman–Crippen LogP) is 11.8. The molecule has 0 aliphatic rings. The molecule has 0 atom stereocenters. The van der Waals surface area contributed by atoms with Crippen LogP contribution in [0.5, 0.6) is 0 Å². The maximum absolute atomic E-state index is 13.1. The van der Waals surface area contributed by atoms with Crippen LogP contribution in [0.3, 0.4) is 0 Å². The van der Waals surface area contributed by atoms with Gasteiger partial charge >= 0.3 is 0 Å². The van der Waals surface area contributed by atoms with Crippen LogP contribution in [0.15, 0.2) is 24.3 Å². The van der Waals surface area contributed by atoms with E-state index in [-0.39, 0.29) is 0 Å². The SMILES string of the molecule is CCCCCC/C=C\CSC(=O)CCCCCCCN(CCCCCCCC(=O)SC/C=C\CCCCCC)C(=O)CCCCN(C)C. The zero-order chi connectivity index (χ0) is 35.3. The zero-order valence-electron chi connectivity index (χ0n) is 32.0. The molecule has 0 aromatic rings. The lowest BCUT2D eigenvalue weighted by molar-refractivity contribution is -0.131. The molecule has 0 bridgehead atoms. The molecule has 0 saturated carbocycles. The maximum Gasteiger partial charge on any atom is 0.222 e. The largest absolute Gasteiger partial charge is 0.343 e. The van der Waals surface area contributed by atoms with E-state index in [9.17, 15) is 14.4 Å². The van der Waals surface area contributed by atoms with E-state index in [0.717, 1.165) is 121 Å². The zero-order valence-corrected chi connectivity index (χ0v) is 33.6. The molecule has 280 valence electrons. The van der Waals surface area contributed by atoms with Crippen molar-refractivity contribution in [3.8, 4) is 0 Å². The van der Waals surface area contributed by atoms with Crippen LogP contribution < -0.4 is 0 Å². The number of allylic oxidation sites excluding steroid dienone is 2. The molecule has 1 amide bonds. The van der Waals surface area contributed by atoms with Crippen LogP contribution in [0.4, 0.5) is 0 Å². The Kier molecular flexibility index (Phi) is 36.4. The smallest absolute Gasteiger partial charge is 0.222 e. The van der Waals surface area contributed by atoms with Crippen molar-refractivity contribution < 1.29 is 14.4 Å². The number of hydrogen-bond donors (Lipinski definition) is 0. The second kappa shape index (κ2) is 37.2. The highest BCUT2D eigenvalue weighted by Gasteiger charge is 2.13. The van der Waals surface area contributed by atoms with Crippen molar-refractivity contribution in [2.45, 2.75) is 174 Å². The van der Waals surface area contributed by atoms with Crippen LogP contribution in [-0.2, 0) is 14.4 Å². The van der Waals surface area contributed by atoms with Crippen molar-refractivity contribution in [3.05, 3.63) is 24.3 Å². The Labute approximate surface area is 306 Å². The van der Waals surface area contributed by atoms with E-state index < -0.39 is 0 Å². The minimum absolute atomic E-state index is 0.309. The molecule has 0 aliphatic heterocycles. The summed E-state index contributed by atoms with van der Waals surface area (Å²) < 4.78 is 0. The summed E-state index contributed by atoms with van der Waals surface area (Å²) in [5.41, 5.74) is 0. The molecule has 0 aromatic carbocycles. The van der Waals surface area contributed by atoms with Gasteiger partial charge in [0.2, 0.25) is 5.91 Å². The molecule has 0 N–H and O–H groups in total. The molecule has 0 fully saturated rings. The van der Waals surface area contributed by atoms with Crippen molar-refractivity contribution in [2.75, 3.05) is 45.2 Å². The van der Waals surface area contributed by atoms with Crippen molar-refractivity contribution in [3.63, 3.8) is 0 Å². The van der Waals surface area contributed by atoms with Gasteiger partial charge in [0, 0.05) is 43.9 Å². The summed E-state index contributed by atoms with van der Waals surface area (Å²) in [6.07, 6.45) is 36.1. The van der Waals surface area contributed by atoms with Crippen LogP contribution in [0, 0.1) is 0 Å². The fraction of sp³-hybridized carbons (Fsp3) is 0.829. The van der Waals surface area contributed by atoms with Gasteiger partial charge in [-0.1, -0.05) is 139 Å². The van der Waals surface area contributed by atoms with Crippen LogP contribution in [0.1, 0.15) is 174 Å². The minimum atomic E-state index is 0.309. The molecule has 0 spiro atoms. The Balaban J connectivity index is 4.12. The fourth-order valence-corrected chi connectivity index (χ4v) is 7.02. The number of nitrogens with zero attached hydrogens (tertiary/aromatic N) is 2. The first-order valence-corrected chi connectivity index (χ1v) is 21.9. The highest BCUT2D eigenvalue weighted by Crippen LogP contribution is 2.15. The van der Waals surface area contributed by atoms with Crippen LogP contribution in [0.2, 0.25) is 0 Å².